The van der Waals surface area contributed by atoms with E-state index in [1.54, 1.807) is 11.1 Å². The molecule has 1 saturated heterocycles. The van der Waals surface area contributed by atoms with Crippen LogP contribution >= 0.6 is 0 Å². The number of rotatable bonds is 1. The predicted molar refractivity (Wildman–Crippen MR) is 116 cm³/mol. The Morgan fingerprint density at radius 3 is 2.90 bits per heavy atom. The van der Waals surface area contributed by atoms with Crippen molar-refractivity contribution in [2.75, 3.05) is 32.8 Å². The summed E-state index contributed by atoms with van der Waals surface area (Å²) in [6.07, 6.45) is 4.78. The zero-order valence-corrected chi connectivity index (χ0v) is 17.9. The number of para-hydroxylation sites is 1. The predicted octanol–water partition coefficient (Wildman–Crippen LogP) is 2.52. The smallest absolute Gasteiger partial charge is 0.272 e. The lowest BCUT2D eigenvalue weighted by Crippen LogP contribution is -2.61. The Bertz CT molecular complexity index is 948. The highest BCUT2D eigenvalue weighted by atomic mass is 16.5. The number of nitrogens with one attached hydrogen (secondary N) is 1. The standard InChI is InChI=1S/C24H29N3O4/c1-18-7-6-12-25-21(18)22(28)27-14-16-31-24(17-27)11-5-4-9-19-8-2-3-10-20(19)30-15-13-26-23(24)29/h2-3,6-8,10,12H,4-5,9,11,13-17H2,1H3,(H,26,29). The third-order valence-corrected chi connectivity index (χ3v) is 5.99. The van der Waals surface area contributed by atoms with Crippen LogP contribution in [0.2, 0.25) is 0 Å². The van der Waals surface area contributed by atoms with Gasteiger partial charge in [0, 0.05) is 12.7 Å². The number of amides is 2. The molecule has 2 aliphatic heterocycles. The summed E-state index contributed by atoms with van der Waals surface area (Å²) in [4.78, 5) is 32.3. The van der Waals surface area contributed by atoms with Crippen molar-refractivity contribution in [2.24, 2.45) is 0 Å². The first-order valence-electron chi connectivity index (χ1n) is 10.9. The molecular weight excluding hydrogens is 394 g/mol. The molecule has 1 spiro atoms. The highest BCUT2D eigenvalue weighted by Gasteiger charge is 2.44. The highest BCUT2D eigenvalue weighted by Crippen LogP contribution is 2.28. The van der Waals surface area contributed by atoms with Crippen molar-refractivity contribution in [3.8, 4) is 5.75 Å². The van der Waals surface area contributed by atoms with E-state index in [2.05, 4.69) is 16.4 Å². The first-order chi connectivity index (χ1) is 15.1. The molecule has 7 heteroatoms. The molecule has 1 aromatic heterocycles. The van der Waals surface area contributed by atoms with Gasteiger partial charge < -0.3 is 19.7 Å². The molecule has 3 heterocycles. The number of aryl methyl sites for hydroxylation is 2. The van der Waals surface area contributed by atoms with Gasteiger partial charge in [0.2, 0.25) is 0 Å². The molecule has 1 fully saturated rings. The second kappa shape index (κ2) is 9.47. The minimum absolute atomic E-state index is 0.156. The lowest BCUT2D eigenvalue weighted by atomic mass is 9.91. The molecular formula is C24H29N3O4. The van der Waals surface area contributed by atoms with Crippen molar-refractivity contribution in [3.63, 3.8) is 0 Å². The van der Waals surface area contributed by atoms with Gasteiger partial charge in [-0.05, 0) is 55.9 Å². The summed E-state index contributed by atoms with van der Waals surface area (Å²) in [5.41, 5.74) is 1.38. The number of pyridine rings is 1. The van der Waals surface area contributed by atoms with Crippen molar-refractivity contribution in [3.05, 3.63) is 59.4 Å². The number of hydrogen-bond acceptors (Lipinski definition) is 5. The van der Waals surface area contributed by atoms with Gasteiger partial charge in [0.1, 0.15) is 18.1 Å². The Kier molecular flexibility index (Phi) is 6.51. The molecule has 2 aromatic rings. The van der Waals surface area contributed by atoms with Crippen LogP contribution in [0.25, 0.3) is 0 Å². The molecule has 0 bridgehead atoms. The van der Waals surface area contributed by atoms with Crippen molar-refractivity contribution >= 4 is 11.8 Å². The first kappa shape index (κ1) is 21.3. The van der Waals surface area contributed by atoms with E-state index in [9.17, 15) is 9.59 Å². The molecule has 0 radical (unpaired) electrons. The first-order valence-corrected chi connectivity index (χ1v) is 10.9. The van der Waals surface area contributed by atoms with Crippen molar-refractivity contribution in [1.82, 2.24) is 15.2 Å². The molecule has 1 unspecified atom stereocenters. The Morgan fingerprint density at radius 1 is 1.16 bits per heavy atom. The van der Waals surface area contributed by atoms with E-state index in [-0.39, 0.29) is 18.4 Å². The summed E-state index contributed by atoms with van der Waals surface area (Å²) >= 11 is 0. The van der Waals surface area contributed by atoms with Gasteiger partial charge in [-0.1, -0.05) is 24.3 Å². The minimum Gasteiger partial charge on any atom is -0.491 e. The van der Waals surface area contributed by atoms with E-state index in [1.807, 2.05) is 37.3 Å². The van der Waals surface area contributed by atoms with E-state index in [4.69, 9.17) is 9.47 Å². The van der Waals surface area contributed by atoms with Crippen LogP contribution in [0.5, 0.6) is 5.75 Å². The summed E-state index contributed by atoms with van der Waals surface area (Å²) in [5, 5.41) is 2.96. The normalized spacial score (nSPS) is 22.5. The van der Waals surface area contributed by atoms with Crippen molar-refractivity contribution in [2.45, 2.75) is 38.2 Å². The molecule has 164 valence electrons. The van der Waals surface area contributed by atoms with Gasteiger partial charge in [-0.3, -0.25) is 14.6 Å². The van der Waals surface area contributed by atoms with Crippen molar-refractivity contribution in [1.29, 1.82) is 0 Å². The van der Waals surface area contributed by atoms with Crippen molar-refractivity contribution < 1.29 is 19.1 Å². The Balaban J connectivity index is 1.51. The van der Waals surface area contributed by atoms with Gasteiger partial charge >= 0.3 is 0 Å². The third kappa shape index (κ3) is 4.71. The van der Waals surface area contributed by atoms with Gasteiger partial charge in [-0.2, -0.15) is 0 Å². The summed E-state index contributed by atoms with van der Waals surface area (Å²) in [7, 11) is 0. The number of hydrogen-bond donors (Lipinski definition) is 1. The van der Waals surface area contributed by atoms with Crippen LogP contribution < -0.4 is 10.1 Å². The van der Waals surface area contributed by atoms with Crippen LogP contribution in [-0.4, -0.2) is 60.1 Å². The molecule has 1 atom stereocenters. The zero-order chi connectivity index (χ0) is 21.7. The minimum atomic E-state index is -1.05. The monoisotopic (exact) mass is 423 g/mol. The topological polar surface area (TPSA) is 80.8 Å². The maximum atomic E-state index is 13.2. The summed E-state index contributed by atoms with van der Waals surface area (Å²) in [5.74, 6) is 0.542. The number of aromatic nitrogens is 1. The van der Waals surface area contributed by atoms with Gasteiger partial charge in [-0.15, -0.1) is 0 Å². The lowest BCUT2D eigenvalue weighted by Gasteiger charge is -2.41. The number of ether oxygens (including phenoxy) is 2. The summed E-state index contributed by atoms with van der Waals surface area (Å²) in [6.45, 7) is 3.63. The molecule has 1 N–H and O–H groups in total. The molecule has 0 aliphatic carbocycles. The number of nitrogens with zero attached hydrogens (tertiary/aromatic N) is 2. The molecule has 31 heavy (non-hydrogen) atoms. The second-order valence-electron chi connectivity index (χ2n) is 8.16. The molecule has 0 saturated carbocycles. The second-order valence-corrected chi connectivity index (χ2v) is 8.16. The number of carbonyl (C=O) groups is 2. The SMILES string of the molecule is Cc1cccnc1C(=O)N1CCOC2(CCCCc3ccccc3OCCNC2=O)C1. The zero-order valence-electron chi connectivity index (χ0n) is 17.9. The van der Waals surface area contributed by atoms with Crippen LogP contribution in [0.1, 0.15) is 40.9 Å². The molecule has 1 aromatic carbocycles. The fourth-order valence-electron chi connectivity index (χ4n) is 4.28. The van der Waals surface area contributed by atoms with Crippen LogP contribution in [0.3, 0.4) is 0 Å². The largest absolute Gasteiger partial charge is 0.491 e. The van der Waals surface area contributed by atoms with Gasteiger partial charge in [-0.25, -0.2) is 0 Å². The average Bonchev–Trinajstić information content (AvgIpc) is 2.79. The van der Waals surface area contributed by atoms with E-state index >= 15 is 0 Å². The molecule has 2 amide bonds. The Hall–Kier alpha value is -2.93. The van der Waals surface area contributed by atoms with Gasteiger partial charge in [0.05, 0.1) is 19.7 Å². The average molecular weight is 424 g/mol. The van der Waals surface area contributed by atoms with E-state index in [1.165, 1.54) is 5.56 Å². The van der Waals surface area contributed by atoms with E-state index in [0.717, 1.165) is 30.6 Å². The fourth-order valence-corrected chi connectivity index (χ4v) is 4.28. The number of benzene rings is 1. The molecule has 2 aliphatic rings. The van der Waals surface area contributed by atoms with Crippen LogP contribution in [0.4, 0.5) is 0 Å². The Labute approximate surface area is 182 Å². The van der Waals surface area contributed by atoms with E-state index in [0.29, 0.717) is 38.4 Å². The fraction of sp³-hybridized carbons (Fsp3) is 0.458. The molecule has 4 rings (SSSR count). The van der Waals surface area contributed by atoms with Gasteiger partial charge in [0.25, 0.3) is 11.8 Å². The maximum absolute atomic E-state index is 13.2. The van der Waals surface area contributed by atoms with Gasteiger partial charge in [0.15, 0.2) is 5.60 Å². The third-order valence-electron chi connectivity index (χ3n) is 5.99. The highest BCUT2D eigenvalue weighted by molar-refractivity contribution is 5.95. The van der Waals surface area contributed by atoms with Crippen LogP contribution in [-0.2, 0) is 16.0 Å². The lowest BCUT2D eigenvalue weighted by molar-refractivity contribution is -0.159. The Morgan fingerprint density at radius 2 is 2.03 bits per heavy atom. The quantitative estimate of drug-likeness (QED) is 0.762. The number of fused-ring (bicyclic) bond motifs is 1. The van der Waals surface area contributed by atoms with E-state index < -0.39 is 5.60 Å². The van der Waals surface area contributed by atoms with Crippen LogP contribution in [0, 0.1) is 6.92 Å². The number of morpholine rings is 1. The maximum Gasteiger partial charge on any atom is 0.272 e. The molecule has 7 nitrogen and oxygen atoms in total. The summed E-state index contributed by atoms with van der Waals surface area (Å²) < 4.78 is 12.0. The number of carbonyl (C=O) groups excluding carboxylic acids is 2. The van der Waals surface area contributed by atoms with Crippen LogP contribution in [0.15, 0.2) is 42.6 Å². The summed E-state index contributed by atoms with van der Waals surface area (Å²) in [6, 6.07) is 11.7.